The van der Waals surface area contributed by atoms with E-state index in [0.717, 1.165) is 13.0 Å². The Morgan fingerprint density at radius 2 is 1.76 bits per heavy atom. The van der Waals surface area contributed by atoms with Gasteiger partial charge in [-0.3, -0.25) is 0 Å². The molecule has 0 aliphatic carbocycles. The van der Waals surface area contributed by atoms with E-state index in [0.29, 0.717) is 0 Å². The SMILES string of the molecule is C=C1N(CCC)c2cc(C)c(C)cc2C1(C)C. The van der Waals surface area contributed by atoms with Gasteiger partial charge >= 0.3 is 0 Å². The Balaban J connectivity index is 2.61. The van der Waals surface area contributed by atoms with E-state index in [1.165, 1.54) is 28.1 Å². The van der Waals surface area contributed by atoms with Crippen molar-refractivity contribution in [2.24, 2.45) is 0 Å². The molecule has 1 heteroatoms. The average molecular weight is 229 g/mol. The lowest BCUT2D eigenvalue weighted by Gasteiger charge is -2.25. The van der Waals surface area contributed by atoms with Gasteiger partial charge in [0.2, 0.25) is 0 Å². The summed E-state index contributed by atoms with van der Waals surface area (Å²) in [7, 11) is 0. The van der Waals surface area contributed by atoms with Crippen molar-refractivity contribution in [3.8, 4) is 0 Å². The van der Waals surface area contributed by atoms with Crippen LogP contribution in [-0.2, 0) is 5.41 Å². The zero-order valence-electron chi connectivity index (χ0n) is 11.7. The molecule has 0 saturated carbocycles. The fourth-order valence-corrected chi connectivity index (χ4v) is 2.64. The molecule has 1 aliphatic heterocycles. The van der Waals surface area contributed by atoms with Crippen LogP contribution < -0.4 is 4.90 Å². The van der Waals surface area contributed by atoms with E-state index < -0.39 is 0 Å². The Hall–Kier alpha value is -1.24. The fourth-order valence-electron chi connectivity index (χ4n) is 2.64. The summed E-state index contributed by atoms with van der Waals surface area (Å²) in [6.07, 6.45) is 1.15. The first-order valence-corrected chi connectivity index (χ1v) is 6.48. The lowest BCUT2D eigenvalue weighted by molar-refractivity contribution is 0.631. The quantitative estimate of drug-likeness (QED) is 0.730. The summed E-state index contributed by atoms with van der Waals surface area (Å²) in [5, 5.41) is 0. The van der Waals surface area contributed by atoms with Crippen LogP contribution in [-0.4, -0.2) is 6.54 Å². The lowest BCUT2D eigenvalue weighted by Crippen LogP contribution is -2.25. The number of aryl methyl sites for hydroxylation is 2. The molecule has 0 unspecified atom stereocenters. The van der Waals surface area contributed by atoms with Crippen LogP contribution in [0.1, 0.15) is 43.9 Å². The van der Waals surface area contributed by atoms with Gasteiger partial charge in [-0.25, -0.2) is 0 Å². The smallest absolute Gasteiger partial charge is 0.0453 e. The number of benzene rings is 1. The van der Waals surface area contributed by atoms with E-state index in [2.05, 4.69) is 58.2 Å². The first-order valence-electron chi connectivity index (χ1n) is 6.48. The predicted molar refractivity (Wildman–Crippen MR) is 75.7 cm³/mol. The molecule has 0 bridgehead atoms. The maximum Gasteiger partial charge on any atom is 0.0453 e. The minimum absolute atomic E-state index is 0.0724. The van der Waals surface area contributed by atoms with Gasteiger partial charge in [-0.05, 0) is 43.0 Å². The molecule has 1 heterocycles. The van der Waals surface area contributed by atoms with Gasteiger partial charge < -0.3 is 4.90 Å². The number of fused-ring (bicyclic) bond motifs is 1. The van der Waals surface area contributed by atoms with E-state index >= 15 is 0 Å². The van der Waals surface area contributed by atoms with Gasteiger partial charge in [0, 0.05) is 23.3 Å². The monoisotopic (exact) mass is 229 g/mol. The number of hydrogen-bond donors (Lipinski definition) is 0. The van der Waals surface area contributed by atoms with Crippen molar-refractivity contribution in [3.63, 3.8) is 0 Å². The zero-order valence-corrected chi connectivity index (χ0v) is 11.7. The van der Waals surface area contributed by atoms with E-state index in [1.807, 2.05) is 0 Å². The molecule has 0 radical (unpaired) electrons. The number of hydrogen-bond acceptors (Lipinski definition) is 1. The van der Waals surface area contributed by atoms with Crippen molar-refractivity contribution in [1.29, 1.82) is 0 Å². The Bertz CT molecular complexity index is 469. The summed E-state index contributed by atoms with van der Waals surface area (Å²) in [5.41, 5.74) is 6.85. The Labute approximate surface area is 105 Å². The zero-order chi connectivity index (χ0) is 12.8. The van der Waals surface area contributed by atoms with Crippen LogP contribution in [0.4, 0.5) is 5.69 Å². The van der Waals surface area contributed by atoms with Gasteiger partial charge in [0.25, 0.3) is 0 Å². The molecule has 1 aliphatic rings. The standard InChI is InChI=1S/C16H23N/c1-7-8-17-13(4)16(5,6)14-9-11(2)12(3)10-15(14)17/h9-10H,4,7-8H2,1-3,5-6H3. The Morgan fingerprint density at radius 3 is 2.35 bits per heavy atom. The summed E-state index contributed by atoms with van der Waals surface area (Å²) >= 11 is 0. The van der Waals surface area contributed by atoms with Gasteiger partial charge in [0.05, 0.1) is 0 Å². The van der Waals surface area contributed by atoms with Gasteiger partial charge in [0.1, 0.15) is 0 Å². The molecule has 92 valence electrons. The summed E-state index contributed by atoms with van der Waals surface area (Å²) in [6.45, 7) is 16.5. The largest absolute Gasteiger partial charge is 0.345 e. The number of nitrogens with zero attached hydrogens (tertiary/aromatic N) is 1. The Kier molecular flexibility index (Phi) is 2.81. The number of rotatable bonds is 2. The molecule has 1 aromatic carbocycles. The molecule has 0 fully saturated rings. The van der Waals surface area contributed by atoms with Crippen molar-refractivity contribution < 1.29 is 0 Å². The van der Waals surface area contributed by atoms with Crippen molar-refractivity contribution in [2.45, 2.75) is 46.5 Å². The number of allylic oxidation sites excluding steroid dienone is 1. The van der Waals surface area contributed by atoms with Gasteiger partial charge in [-0.1, -0.05) is 33.4 Å². The van der Waals surface area contributed by atoms with Crippen LogP contribution in [0.3, 0.4) is 0 Å². The third-order valence-corrected chi connectivity index (χ3v) is 4.07. The topological polar surface area (TPSA) is 3.24 Å². The first kappa shape index (κ1) is 12.2. The second-order valence-corrected chi connectivity index (χ2v) is 5.68. The molecule has 1 aromatic rings. The molecule has 17 heavy (non-hydrogen) atoms. The highest BCUT2D eigenvalue weighted by Gasteiger charge is 2.38. The van der Waals surface area contributed by atoms with E-state index in [-0.39, 0.29) is 5.41 Å². The van der Waals surface area contributed by atoms with E-state index in [1.54, 1.807) is 0 Å². The van der Waals surface area contributed by atoms with E-state index in [4.69, 9.17) is 0 Å². The molecule has 0 N–H and O–H groups in total. The highest BCUT2D eigenvalue weighted by molar-refractivity contribution is 5.71. The van der Waals surface area contributed by atoms with Crippen LogP contribution in [0.2, 0.25) is 0 Å². The molecule has 2 rings (SSSR count). The number of anilines is 1. The lowest BCUT2D eigenvalue weighted by atomic mass is 9.83. The van der Waals surface area contributed by atoms with Crippen molar-refractivity contribution in [1.82, 2.24) is 0 Å². The molecule has 0 saturated heterocycles. The third-order valence-electron chi connectivity index (χ3n) is 4.07. The van der Waals surface area contributed by atoms with E-state index in [9.17, 15) is 0 Å². The minimum atomic E-state index is 0.0724. The summed E-state index contributed by atoms with van der Waals surface area (Å²) in [4.78, 5) is 2.39. The fraction of sp³-hybridized carbons (Fsp3) is 0.500. The van der Waals surface area contributed by atoms with Gasteiger partial charge in [-0.2, -0.15) is 0 Å². The second kappa shape index (κ2) is 3.90. The summed E-state index contributed by atoms with van der Waals surface area (Å²) in [6, 6.07) is 4.66. The highest BCUT2D eigenvalue weighted by atomic mass is 15.2. The molecule has 0 spiro atoms. The van der Waals surface area contributed by atoms with Gasteiger partial charge in [0.15, 0.2) is 0 Å². The molecule has 0 aromatic heterocycles. The van der Waals surface area contributed by atoms with Crippen LogP contribution >= 0.6 is 0 Å². The van der Waals surface area contributed by atoms with Crippen molar-refractivity contribution >= 4 is 5.69 Å². The maximum atomic E-state index is 4.31. The highest BCUT2D eigenvalue weighted by Crippen LogP contribution is 2.47. The molecule has 1 nitrogen and oxygen atoms in total. The van der Waals surface area contributed by atoms with Crippen LogP contribution in [0.5, 0.6) is 0 Å². The maximum absolute atomic E-state index is 4.31. The summed E-state index contributed by atoms with van der Waals surface area (Å²) < 4.78 is 0. The normalized spacial score (nSPS) is 17.5. The van der Waals surface area contributed by atoms with Crippen molar-refractivity contribution in [3.05, 3.63) is 41.1 Å². The van der Waals surface area contributed by atoms with Crippen LogP contribution in [0, 0.1) is 13.8 Å². The van der Waals surface area contributed by atoms with Crippen LogP contribution in [0.25, 0.3) is 0 Å². The molecular weight excluding hydrogens is 206 g/mol. The minimum Gasteiger partial charge on any atom is -0.345 e. The van der Waals surface area contributed by atoms with Gasteiger partial charge in [-0.15, -0.1) is 0 Å². The molecular formula is C16H23N. The third kappa shape index (κ3) is 1.69. The molecule has 0 amide bonds. The van der Waals surface area contributed by atoms with Crippen LogP contribution in [0.15, 0.2) is 24.4 Å². The Morgan fingerprint density at radius 1 is 1.18 bits per heavy atom. The van der Waals surface area contributed by atoms with Crippen molar-refractivity contribution in [2.75, 3.05) is 11.4 Å². The average Bonchev–Trinajstić information content (AvgIpc) is 2.43. The second-order valence-electron chi connectivity index (χ2n) is 5.68. The molecule has 0 atom stereocenters. The predicted octanol–water partition coefficient (Wildman–Crippen LogP) is 4.32. The first-order chi connectivity index (χ1) is 7.89. The summed E-state index contributed by atoms with van der Waals surface area (Å²) in [5.74, 6) is 0.